The van der Waals surface area contributed by atoms with E-state index in [1.807, 2.05) is 37.4 Å². The van der Waals surface area contributed by atoms with E-state index in [0.717, 1.165) is 32.7 Å². The van der Waals surface area contributed by atoms with Gasteiger partial charge >= 0.3 is 0 Å². The Labute approximate surface area is 153 Å². The number of hydrogen-bond acceptors (Lipinski definition) is 5. The zero-order chi connectivity index (χ0) is 18.0. The second-order valence-electron chi connectivity index (χ2n) is 5.65. The van der Waals surface area contributed by atoms with Gasteiger partial charge in [0.1, 0.15) is 6.54 Å². The maximum Gasteiger partial charge on any atom is 0.294 e. The van der Waals surface area contributed by atoms with E-state index in [4.69, 9.17) is 0 Å². The summed E-state index contributed by atoms with van der Waals surface area (Å²) in [6.07, 6.45) is 1.71. The van der Waals surface area contributed by atoms with Crippen molar-refractivity contribution in [3.8, 4) is 0 Å². The number of nitrogens with one attached hydrogen (secondary N) is 1. The summed E-state index contributed by atoms with van der Waals surface area (Å²) in [7, 11) is 0. The van der Waals surface area contributed by atoms with E-state index in [2.05, 4.69) is 5.32 Å². The Morgan fingerprint density at radius 3 is 2.52 bits per heavy atom. The molecule has 5 nitrogen and oxygen atoms in total. The normalized spacial score (nSPS) is 15.9. The number of benzene rings is 1. The highest BCUT2D eigenvalue weighted by Gasteiger charge is 2.36. The minimum Gasteiger partial charge on any atom is -0.325 e. The number of rotatable bonds is 4. The molecule has 2 aromatic rings. The minimum absolute atomic E-state index is 0.292. The van der Waals surface area contributed by atoms with Crippen LogP contribution in [0.5, 0.6) is 0 Å². The van der Waals surface area contributed by atoms with E-state index in [1.54, 1.807) is 18.2 Å². The largest absolute Gasteiger partial charge is 0.325 e. The van der Waals surface area contributed by atoms with Crippen LogP contribution in [0.1, 0.15) is 16.0 Å². The fourth-order valence-electron chi connectivity index (χ4n) is 2.27. The first-order chi connectivity index (χ1) is 11.9. The second kappa shape index (κ2) is 7.25. The lowest BCUT2D eigenvalue weighted by Gasteiger charge is -2.12. The molecule has 7 heteroatoms. The van der Waals surface area contributed by atoms with Crippen LogP contribution in [0.25, 0.3) is 6.08 Å². The van der Waals surface area contributed by atoms with Crippen LogP contribution in [-0.2, 0) is 9.59 Å². The summed E-state index contributed by atoms with van der Waals surface area (Å²) >= 11 is 2.37. The number of hydrogen-bond donors (Lipinski definition) is 1. The molecule has 1 aromatic heterocycles. The molecule has 0 radical (unpaired) electrons. The van der Waals surface area contributed by atoms with Crippen LogP contribution in [0, 0.1) is 13.8 Å². The smallest absolute Gasteiger partial charge is 0.294 e. The van der Waals surface area contributed by atoms with Gasteiger partial charge in [-0.2, -0.15) is 0 Å². The Morgan fingerprint density at radius 1 is 1.16 bits per heavy atom. The monoisotopic (exact) mass is 372 g/mol. The fourth-order valence-corrected chi connectivity index (χ4v) is 4.02. The van der Waals surface area contributed by atoms with E-state index in [0.29, 0.717) is 10.6 Å². The highest BCUT2D eigenvalue weighted by molar-refractivity contribution is 8.18. The molecule has 3 amide bonds. The summed E-state index contributed by atoms with van der Waals surface area (Å²) < 4.78 is 0. The van der Waals surface area contributed by atoms with E-state index in [1.165, 1.54) is 11.3 Å². The number of carbonyl (C=O) groups excluding carboxylic acids is 3. The number of amides is 3. The summed E-state index contributed by atoms with van der Waals surface area (Å²) in [4.78, 5) is 38.9. The summed E-state index contributed by atoms with van der Waals surface area (Å²) in [6, 6.07) is 9.26. The average molecular weight is 372 g/mol. The first kappa shape index (κ1) is 17.4. The highest BCUT2D eigenvalue weighted by atomic mass is 32.2. The van der Waals surface area contributed by atoms with E-state index in [9.17, 15) is 14.4 Å². The van der Waals surface area contributed by atoms with Gasteiger partial charge in [0.2, 0.25) is 5.91 Å². The number of anilines is 1. The fraction of sp³-hybridized carbons (Fsp3) is 0.167. The van der Waals surface area contributed by atoms with Crippen LogP contribution in [0.2, 0.25) is 0 Å². The molecule has 3 rings (SSSR count). The lowest BCUT2D eigenvalue weighted by Crippen LogP contribution is -2.36. The number of thiophene rings is 1. The Bertz CT molecular complexity index is 869. The van der Waals surface area contributed by atoms with Crippen molar-refractivity contribution in [3.63, 3.8) is 0 Å². The van der Waals surface area contributed by atoms with Crippen molar-refractivity contribution < 1.29 is 14.4 Å². The van der Waals surface area contributed by atoms with E-state index < -0.39 is 17.1 Å². The zero-order valence-electron chi connectivity index (χ0n) is 13.7. The molecule has 2 heterocycles. The maximum atomic E-state index is 12.4. The van der Waals surface area contributed by atoms with Crippen molar-refractivity contribution >= 4 is 51.9 Å². The summed E-state index contributed by atoms with van der Waals surface area (Å²) in [6.45, 7) is 3.61. The number of carbonyl (C=O) groups is 3. The average Bonchev–Trinajstić information content (AvgIpc) is 3.08. The van der Waals surface area contributed by atoms with Gasteiger partial charge in [0, 0.05) is 10.6 Å². The molecule has 1 saturated heterocycles. The molecule has 128 valence electrons. The third-order valence-electron chi connectivity index (χ3n) is 3.67. The molecule has 0 unspecified atom stereocenters. The minimum atomic E-state index is -0.429. The lowest BCUT2D eigenvalue weighted by molar-refractivity contribution is -0.127. The molecule has 1 aliphatic heterocycles. The molecular formula is C18H16N2O3S2. The topological polar surface area (TPSA) is 66.5 Å². The van der Waals surface area contributed by atoms with Crippen LogP contribution in [0.4, 0.5) is 10.5 Å². The molecule has 1 aliphatic rings. The molecule has 0 bridgehead atoms. The van der Waals surface area contributed by atoms with Gasteiger partial charge < -0.3 is 5.32 Å². The van der Waals surface area contributed by atoms with Gasteiger partial charge in [-0.3, -0.25) is 19.3 Å². The maximum absolute atomic E-state index is 12.4. The third-order valence-corrected chi connectivity index (χ3v) is 5.55. The lowest BCUT2D eigenvalue weighted by atomic mass is 10.2. The second-order valence-corrected chi connectivity index (χ2v) is 7.59. The van der Waals surface area contributed by atoms with Gasteiger partial charge in [-0.1, -0.05) is 17.7 Å². The third kappa shape index (κ3) is 4.00. The molecule has 0 spiro atoms. The van der Waals surface area contributed by atoms with Crippen molar-refractivity contribution in [1.82, 2.24) is 4.90 Å². The Morgan fingerprint density at radius 2 is 1.88 bits per heavy atom. The first-order valence-corrected chi connectivity index (χ1v) is 9.29. The van der Waals surface area contributed by atoms with E-state index >= 15 is 0 Å². The summed E-state index contributed by atoms with van der Waals surface area (Å²) in [5, 5.41) is 4.20. The molecule has 1 fully saturated rings. The zero-order valence-corrected chi connectivity index (χ0v) is 15.4. The Kier molecular flexibility index (Phi) is 5.06. The number of nitrogens with zero attached hydrogens (tertiary/aromatic N) is 1. The van der Waals surface area contributed by atoms with Crippen LogP contribution in [0.15, 0.2) is 40.6 Å². The molecule has 0 aliphatic carbocycles. The van der Waals surface area contributed by atoms with Crippen LogP contribution in [0.3, 0.4) is 0 Å². The Hall–Kier alpha value is -2.38. The van der Waals surface area contributed by atoms with Crippen molar-refractivity contribution in [2.45, 2.75) is 13.8 Å². The molecule has 25 heavy (non-hydrogen) atoms. The molecule has 0 saturated carbocycles. The van der Waals surface area contributed by atoms with Gasteiger partial charge in [0.15, 0.2) is 0 Å². The predicted molar refractivity (Wildman–Crippen MR) is 102 cm³/mol. The molecule has 0 atom stereocenters. The van der Waals surface area contributed by atoms with Gasteiger partial charge in [0.25, 0.3) is 11.1 Å². The standard InChI is InChI=1S/C18H16N2O3S2/c1-11-3-5-13(6-4-11)19-16(21)10-20-17(22)15(25-18(20)23)9-14-12(2)7-8-24-14/h3-9H,10H2,1-2H3,(H,19,21)/b15-9+. The predicted octanol–water partition coefficient (Wildman–Crippen LogP) is 4.04. The molecule has 1 aromatic carbocycles. The molecule has 1 N–H and O–H groups in total. The van der Waals surface area contributed by atoms with Crippen molar-refractivity contribution in [2.24, 2.45) is 0 Å². The van der Waals surface area contributed by atoms with Crippen molar-refractivity contribution in [1.29, 1.82) is 0 Å². The van der Waals surface area contributed by atoms with Crippen LogP contribution < -0.4 is 5.32 Å². The number of imide groups is 1. The summed E-state index contributed by atoms with van der Waals surface area (Å²) in [5.74, 6) is -0.832. The van der Waals surface area contributed by atoms with Gasteiger partial charge in [-0.15, -0.1) is 11.3 Å². The van der Waals surface area contributed by atoms with Gasteiger partial charge in [-0.05, 0) is 60.8 Å². The summed E-state index contributed by atoms with van der Waals surface area (Å²) in [5.41, 5.74) is 2.76. The quantitative estimate of drug-likeness (QED) is 0.823. The SMILES string of the molecule is Cc1ccc(NC(=O)CN2C(=O)S/C(=C/c3sccc3C)C2=O)cc1. The number of aryl methyl sites for hydroxylation is 2. The molecular weight excluding hydrogens is 356 g/mol. The van der Waals surface area contributed by atoms with Crippen molar-refractivity contribution in [2.75, 3.05) is 11.9 Å². The Balaban J connectivity index is 1.68. The van der Waals surface area contributed by atoms with Gasteiger partial charge in [0.05, 0.1) is 4.91 Å². The van der Waals surface area contributed by atoms with Gasteiger partial charge in [-0.25, -0.2) is 0 Å². The first-order valence-electron chi connectivity index (χ1n) is 7.60. The van der Waals surface area contributed by atoms with E-state index in [-0.39, 0.29) is 6.54 Å². The van der Waals surface area contributed by atoms with Crippen molar-refractivity contribution in [3.05, 3.63) is 56.6 Å². The van der Waals surface area contributed by atoms with Crippen LogP contribution >= 0.6 is 23.1 Å². The number of thioether (sulfide) groups is 1. The van der Waals surface area contributed by atoms with Crippen LogP contribution in [-0.4, -0.2) is 28.5 Å². The highest BCUT2D eigenvalue weighted by Crippen LogP contribution is 2.33.